The van der Waals surface area contributed by atoms with E-state index in [2.05, 4.69) is 16.7 Å². The Balaban J connectivity index is 1.46. The molecule has 0 spiro atoms. The van der Waals surface area contributed by atoms with Crippen molar-refractivity contribution in [2.45, 2.75) is 12.5 Å². The van der Waals surface area contributed by atoms with Crippen LogP contribution in [0.3, 0.4) is 0 Å². The minimum absolute atomic E-state index is 0.249. The number of rotatable bonds is 5. The Bertz CT molecular complexity index is 1190. The summed E-state index contributed by atoms with van der Waals surface area (Å²) in [6, 6.07) is 25.2. The average molecular weight is 409 g/mol. The molecule has 0 radical (unpaired) electrons. The largest absolute Gasteiger partial charge is 0.509 e. The van der Waals surface area contributed by atoms with Crippen molar-refractivity contribution in [3.63, 3.8) is 0 Å². The van der Waals surface area contributed by atoms with Crippen LogP contribution in [0.1, 0.15) is 11.1 Å². The van der Waals surface area contributed by atoms with Crippen molar-refractivity contribution in [1.82, 2.24) is 5.32 Å². The van der Waals surface area contributed by atoms with E-state index in [1.54, 1.807) is 24.3 Å². The number of nitriles is 1. The van der Waals surface area contributed by atoms with E-state index in [-0.39, 0.29) is 11.3 Å². The number of carbonyl (C=O) groups is 2. The van der Waals surface area contributed by atoms with Gasteiger partial charge in [0.05, 0.1) is 17.7 Å². The standard InChI is InChI=1S/C25H19N3O3/c26-15-17-6-8-18(9-7-17)19-10-12-20(13-11-19)27-24(30)22-23(29)21(28-25(22)31)14-16-4-2-1-3-5-16/h1-13,21,29H,14H2,(H,27,30)(H,28,31). The van der Waals surface area contributed by atoms with Crippen LogP contribution >= 0.6 is 0 Å². The smallest absolute Gasteiger partial charge is 0.264 e. The molecule has 6 heteroatoms. The minimum Gasteiger partial charge on any atom is -0.509 e. The summed E-state index contributed by atoms with van der Waals surface area (Å²) in [4.78, 5) is 24.9. The highest BCUT2D eigenvalue weighted by molar-refractivity contribution is 6.24. The van der Waals surface area contributed by atoms with Gasteiger partial charge < -0.3 is 15.7 Å². The van der Waals surface area contributed by atoms with E-state index in [1.807, 2.05) is 54.6 Å². The van der Waals surface area contributed by atoms with Crippen molar-refractivity contribution in [1.29, 1.82) is 5.26 Å². The third-order valence-electron chi connectivity index (χ3n) is 5.12. The number of benzene rings is 3. The fourth-order valence-electron chi connectivity index (χ4n) is 3.48. The molecule has 0 saturated heterocycles. The van der Waals surface area contributed by atoms with Gasteiger partial charge in [-0.3, -0.25) is 9.59 Å². The molecule has 2 amide bonds. The SMILES string of the molecule is N#Cc1ccc(-c2ccc(NC(=O)C3=C(O)C(Cc4ccccc4)NC3=O)cc2)cc1. The lowest BCUT2D eigenvalue weighted by molar-refractivity contribution is -0.120. The molecule has 1 atom stereocenters. The molecule has 152 valence electrons. The van der Waals surface area contributed by atoms with Crippen molar-refractivity contribution >= 4 is 17.5 Å². The van der Waals surface area contributed by atoms with E-state index in [9.17, 15) is 14.7 Å². The summed E-state index contributed by atoms with van der Waals surface area (Å²) in [7, 11) is 0. The van der Waals surface area contributed by atoms with Gasteiger partial charge in [-0.25, -0.2) is 0 Å². The molecule has 0 aromatic heterocycles. The second kappa shape index (κ2) is 8.56. The highest BCUT2D eigenvalue weighted by Crippen LogP contribution is 2.24. The number of amides is 2. The first-order valence-corrected chi connectivity index (χ1v) is 9.75. The van der Waals surface area contributed by atoms with Gasteiger partial charge in [-0.15, -0.1) is 0 Å². The highest BCUT2D eigenvalue weighted by Gasteiger charge is 2.36. The molecule has 1 aliphatic heterocycles. The normalized spacial score (nSPS) is 15.3. The number of hydrogen-bond donors (Lipinski definition) is 3. The highest BCUT2D eigenvalue weighted by atomic mass is 16.3. The van der Waals surface area contributed by atoms with Gasteiger partial charge in [-0.05, 0) is 47.4 Å². The molecule has 3 aromatic carbocycles. The number of aliphatic hydroxyl groups is 1. The molecule has 31 heavy (non-hydrogen) atoms. The fourth-order valence-corrected chi connectivity index (χ4v) is 3.48. The summed E-state index contributed by atoms with van der Waals surface area (Å²) >= 11 is 0. The van der Waals surface area contributed by atoms with Gasteiger partial charge in [-0.1, -0.05) is 54.6 Å². The molecule has 4 rings (SSSR count). The number of anilines is 1. The molecule has 3 N–H and O–H groups in total. The minimum atomic E-state index is -0.656. The average Bonchev–Trinajstić information content (AvgIpc) is 3.08. The first-order valence-electron chi connectivity index (χ1n) is 9.75. The predicted molar refractivity (Wildman–Crippen MR) is 117 cm³/mol. The number of aliphatic hydroxyl groups excluding tert-OH is 1. The summed E-state index contributed by atoms with van der Waals surface area (Å²) in [6.07, 6.45) is 0.397. The molecule has 0 bridgehead atoms. The van der Waals surface area contributed by atoms with Gasteiger partial charge in [0.1, 0.15) is 11.3 Å². The van der Waals surface area contributed by atoms with E-state index in [1.165, 1.54) is 0 Å². The molecule has 0 aliphatic carbocycles. The van der Waals surface area contributed by atoms with Gasteiger partial charge in [-0.2, -0.15) is 5.26 Å². The summed E-state index contributed by atoms with van der Waals surface area (Å²) < 4.78 is 0. The van der Waals surface area contributed by atoms with E-state index in [0.29, 0.717) is 17.7 Å². The molecule has 1 unspecified atom stereocenters. The van der Waals surface area contributed by atoms with E-state index >= 15 is 0 Å². The fraction of sp³-hybridized carbons (Fsp3) is 0.0800. The number of nitrogens with zero attached hydrogens (tertiary/aromatic N) is 1. The number of hydrogen-bond acceptors (Lipinski definition) is 4. The molecular formula is C25H19N3O3. The summed E-state index contributed by atoms with van der Waals surface area (Å²) in [5, 5.41) is 24.7. The van der Waals surface area contributed by atoms with Crippen LogP contribution in [0.4, 0.5) is 5.69 Å². The van der Waals surface area contributed by atoms with Crippen molar-refractivity contribution < 1.29 is 14.7 Å². The molecular weight excluding hydrogens is 390 g/mol. The van der Waals surface area contributed by atoms with Crippen LogP contribution in [-0.2, 0) is 16.0 Å². The van der Waals surface area contributed by atoms with Crippen molar-refractivity contribution in [2.24, 2.45) is 0 Å². The zero-order valence-electron chi connectivity index (χ0n) is 16.5. The van der Waals surface area contributed by atoms with Crippen molar-refractivity contribution in [2.75, 3.05) is 5.32 Å². The molecule has 1 aliphatic rings. The molecule has 3 aromatic rings. The van der Waals surface area contributed by atoms with Gasteiger partial charge in [0.25, 0.3) is 11.8 Å². The molecule has 6 nitrogen and oxygen atoms in total. The summed E-state index contributed by atoms with van der Waals surface area (Å²) in [6.45, 7) is 0. The van der Waals surface area contributed by atoms with E-state index in [0.717, 1.165) is 16.7 Å². The zero-order chi connectivity index (χ0) is 21.8. The Labute approximate surface area is 179 Å². The Morgan fingerprint density at radius 1 is 0.968 bits per heavy atom. The van der Waals surface area contributed by atoms with Crippen LogP contribution in [0.25, 0.3) is 11.1 Å². The molecule has 0 saturated carbocycles. The van der Waals surface area contributed by atoms with Crippen LogP contribution in [0.15, 0.2) is 90.2 Å². The first-order chi connectivity index (χ1) is 15.0. The number of nitrogens with one attached hydrogen (secondary N) is 2. The lowest BCUT2D eigenvalue weighted by Crippen LogP contribution is -2.31. The Morgan fingerprint density at radius 2 is 1.58 bits per heavy atom. The van der Waals surface area contributed by atoms with Crippen LogP contribution in [0.5, 0.6) is 0 Å². The van der Waals surface area contributed by atoms with Crippen LogP contribution < -0.4 is 10.6 Å². The third kappa shape index (κ3) is 4.31. The second-order valence-corrected chi connectivity index (χ2v) is 7.20. The lowest BCUT2D eigenvalue weighted by Gasteiger charge is -2.10. The van der Waals surface area contributed by atoms with Crippen LogP contribution in [-0.4, -0.2) is 23.0 Å². The van der Waals surface area contributed by atoms with Gasteiger partial charge in [0, 0.05) is 5.69 Å². The number of carbonyl (C=O) groups excluding carboxylic acids is 2. The second-order valence-electron chi connectivity index (χ2n) is 7.20. The van der Waals surface area contributed by atoms with E-state index in [4.69, 9.17) is 5.26 Å². The molecule has 1 heterocycles. The maximum absolute atomic E-state index is 12.6. The Morgan fingerprint density at radius 3 is 2.19 bits per heavy atom. The van der Waals surface area contributed by atoms with Crippen molar-refractivity contribution in [3.8, 4) is 17.2 Å². The monoisotopic (exact) mass is 409 g/mol. The maximum Gasteiger partial charge on any atom is 0.264 e. The van der Waals surface area contributed by atoms with Gasteiger partial charge in [0.2, 0.25) is 0 Å². The zero-order valence-corrected chi connectivity index (χ0v) is 16.5. The summed E-state index contributed by atoms with van der Waals surface area (Å²) in [5.41, 5.74) is 3.63. The van der Waals surface area contributed by atoms with E-state index < -0.39 is 17.9 Å². The Kier molecular flexibility index (Phi) is 5.50. The van der Waals surface area contributed by atoms with Gasteiger partial charge >= 0.3 is 0 Å². The topological polar surface area (TPSA) is 102 Å². The third-order valence-corrected chi connectivity index (χ3v) is 5.12. The van der Waals surface area contributed by atoms with Gasteiger partial charge in [0.15, 0.2) is 0 Å². The van der Waals surface area contributed by atoms with Crippen LogP contribution in [0, 0.1) is 11.3 Å². The maximum atomic E-state index is 12.6. The molecule has 0 fully saturated rings. The first kappa shape index (κ1) is 19.9. The summed E-state index contributed by atoms with van der Waals surface area (Å²) in [5.74, 6) is -1.50. The van der Waals surface area contributed by atoms with Crippen molar-refractivity contribution in [3.05, 3.63) is 101 Å². The van der Waals surface area contributed by atoms with Crippen LogP contribution in [0.2, 0.25) is 0 Å². The predicted octanol–water partition coefficient (Wildman–Crippen LogP) is 3.72. The Hall–Kier alpha value is -4.37. The lowest BCUT2D eigenvalue weighted by atomic mass is 10.0. The quantitative estimate of drug-likeness (QED) is 0.559.